The molecule has 1 saturated heterocycles. The molecule has 0 amide bonds. The van der Waals surface area contributed by atoms with Gasteiger partial charge in [-0.1, -0.05) is 0 Å². The zero-order valence-corrected chi connectivity index (χ0v) is 10.6. The van der Waals surface area contributed by atoms with E-state index in [1.807, 2.05) is 0 Å². The Morgan fingerprint density at radius 1 is 1.53 bits per heavy atom. The van der Waals surface area contributed by atoms with E-state index in [-0.39, 0.29) is 0 Å². The van der Waals surface area contributed by atoms with Gasteiger partial charge in [0.1, 0.15) is 0 Å². The molecular formula is C9H11F3N2O4S. The zero-order valence-electron chi connectivity index (χ0n) is 9.81. The van der Waals surface area contributed by atoms with Crippen LogP contribution in [0.15, 0.2) is 0 Å². The molecule has 10 heteroatoms. The molecule has 0 saturated carbocycles. The summed E-state index contributed by atoms with van der Waals surface area (Å²) in [7, 11) is -4.24. The van der Waals surface area contributed by atoms with Gasteiger partial charge in [-0.15, -0.1) is 0 Å². The SMILES string of the molecule is CC(C#N)S(=O)(=O)N1CCC(C(=O)O)(C(F)(F)F)C1. The lowest BCUT2D eigenvalue weighted by Gasteiger charge is -2.27. The third-order valence-corrected chi connectivity index (χ3v) is 5.21. The lowest BCUT2D eigenvalue weighted by molar-refractivity contribution is -0.226. The lowest BCUT2D eigenvalue weighted by Crippen LogP contribution is -2.48. The van der Waals surface area contributed by atoms with Gasteiger partial charge in [0.15, 0.2) is 10.7 Å². The van der Waals surface area contributed by atoms with E-state index in [0.29, 0.717) is 4.31 Å². The summed E-state index contributed by atoms with van der Waals surface area (Å²) in [6.07, 6.45) is -5.91. The molecule has 1 heterocycles. The van der Waals surface area contributed by atoms with Crippen molar-refractivity contribution in [1.29, 1.82) is 5.26 Å². The number of alkyl halides is 3. The van der Waals surface area contributed by atoms with Gasteiger partial charge in [-0.3, -0.25) is 4.79 Å². The monoisotopic (exact) mass is 300 g/mol. The molecule has 0 aromatic rings. The average Bonchev–Trinajstić information content (AvgIpc) is 2.73. The molecule has 108 valence electrons. The standard InChI is InChI=1S/C9H11F3N2O4S/c1-6(4-13)19(17,18)14-3-2-8(5-14,7(15)16)9(10,11)12/h6H,2-3,5H2,1H3,(H,15,16). The van der Waals surface area contributed by atoms with Crippen molar-refractivity contribution >= 4 is 16.0 Å². The first-order chi connectivity index (χ1) is 8.49. The number of halogens is 3. The predicted octanol–water partition coefficient (Wildman–Crippen LogP) is 0.567. The Morgan fingerprint density at radius 3 is 2.37 bits per heavy atom. The molecule has 19 heavy (non-hydrogen) atoms. The van der Waals surface area contributed by atoms with Crippen LogP contribution in [0.25, 0.3) is 0 Å². The summed E-state index contributed by atoms with van der Waals surface area (Å²) < 4.78 is 62.4. The van der Waals surface area contributed by atoms with Gasteiger partial charge in [0, 0.05) is 13.1 Å². The molecule has 1 rings (SSSR count). The first-order valence-corrected chi connectivity index (χ1v) is 6.68. The van der Waals surface area contributed by atoms with Gasteiger partial charge in [-0.05, 0) is 13.3 Å². The van der Waals surface area contributed by atoms with E-state index in [4.69, 9.17) is 10.4 Å². The molecule has 1 aliphatic heterocycles. The fourth-order valence-electron chi connectivity index (χ4n) is 1.81. The van der Waals surface area contributed by atoms with Gasteiger partial charge in [0.2, 0.25) is 10.0 Å². The highest BCUT2D eigenvalue weighted by Crippen LogP contribution is 2.46. The van der Waals surface area contributed by atoms with Crippen molar-refractivity contribution in [3.8, 4) is 6.07 Å². The Balaban J connectivity index is 3.13. The van der Waals surface area contributed by atoms with Gasteiger partial charge in [0.25, 0.3) is 0 Å². The summed E-state index contributed by atoms with van der Waals surface area (Å²) >= 11 is 0. The maximum Gasteiger partial charge on any atom is 0.406 e. The molecule has 0 radical (unpaired) electrons. The number of carbonyl (C=O) groups is 1. The third kappa shape index (κ3) is 2.40. The van der Waals surface area contributed by atoms with Crippen LogP contribution in [0.2, 0.25) is 0 Å². The molecular weight excluding hydrogens is 289 g/mol. The maximum absolute atomic E-state index is 12.8. The van der Waals surface area contributed by atoms with Gasteiger partial charge >= 0.3 is 12.1 Å². The quantitative estimate of drug-likeness (QED) is 0.821. The number of aliphatic carboxylic acids is 1. The largest absolute Gasteiger partial charge is 0.481 e. The second kappa shape index (κ2) is 4.64. The number of hydrogen-bond acceptors (Lipinski definition) is 4. The highest BCUT2D eigenvalue weighted by molar-refractivity contribution is 7.90. The number of rotatable bonds is 3. The highest BCUT2D eigenvalue weighted by atomic mass is 32.2. The van der Waals surface area contributed by atoms with Gasteiger partial charge in [-0.25, -0.2) is 8.42 Å². The van der Waals surface area contributed by atoms with Crippen LogP contribution < -0.4 is 0 Å². The average molecular weight is 300 g/mol. The first-order valence-electron chi connectivity index (χ1n) is 5.18. The fraction of sp³-hybridized carbons (Fsp3) is 0.778. The molecule has 0 bridgehead atoms. The summed E-state index contributed by atoms with van der Waals surface area (Å²) in [5, 5.41) is 15.8. The molecule has 6 nitrogen and oxygen atoms in total. The van der Waals surface area contributed by atoms with Crippen molar-refractivity contribution in [2.45, 2.75) is 24.8 Å². The van der Waals surface area contributed by atoms with Crippen LogP contribution in [-0.4, -0.2) is 48.3 Å². The van der Waals surface area contributed by atoms with Gasteiger partial charge < -0.3 is 5.11 Å². The Morgan fingerprint density at radius 2 is 2.05 bits per heavy atom. The minimum atomic E-state index is -5.06. The van der Waals surface area contributed by atoms with Gasteiger partial charge in [-0.2, -0.15) is 22.7 Å². The van der Waals surface area contributed by atoms with E-state index >= 15 is 0 Å². The van der Waals surface area contributed by atoms with Crippen molar-refractivity contribution in [3.63, 3.8) is 0 Å². The topological polar surface area (TPSA) is 98.5 Å². The minimum absolute atomic E-state index is 0.419. The molecule has 0 spiro atoms. The van der Waals surface area contributed by atoms with Crippen LogP contribution in [0.5, 0.6) is 0 Å². The second-order valence-electron chi connectivity index (χ2n) is 4.28. The van der Waals surface area contributed by atoms with Gasteiger partial charge in [0.05, 0.1) is 6.07 Å². The normalized spacial score (nSPS) is 26.9. The Hall–Kier alpha value is -1.34. The molecule has 1 fully saturated rings. The third-order valence-electron chi connectivity index (χ3n) is 3.17. The number of carboxylic acid groups (broad SMARTS) is 1. The van der Waals surface area contributed by atoms with E-state index in [1.165, 1.54) is 6.07 Å². The van der Waals surface area contributed by atoms with Crippen molar-refractivity contribution in [2.24, 2.45) is 5.41 Å². The smallest absolute Gasteiger partial charge is 0.406 e. The Kier molecular flexibility index (Phi) is 3.84. The van der Waals surface area contributed by atoms with E-state index in [0.717, 1.165) is 6.92 Å². The van der Waals surface area contributed by atoms with Crippen LogP contribution in [0.4, 0.5) is 13.2 Å². The summed E-state index contributed by atoms with van der Waals surface area (Å²) in [6, 6.07) is 1.42. The van der Waals surface area contributed by atoms with Crippen LogP contribution in [-0.2, 0) is 14.8 Å². The molecule has 2 atom stereocenters. The molecule has 0 aromatic carbocycles. The molecule has 2 unspecified atom stereocenters. The Bertz CT molecular complexity index is 525. The lowest BCUT2D eigenvalue weighted by atomic mass is 9.86. The zero-order chi connectivity index (χ0) is 15.1. The summed E-state index contributed by atoms with van der Waals surface area (Å²) in [4.78, 5) is 10.9. The minimum Gasteiger partial charge on any atom is -0.481 e. The summed E-state index contributed by atoms with van der Waals surface area (Å²) in [5.41, 5.74) is -3.10. The van der Waals surface area contributed by atoms with Crippen molar-refractivity contribution < 1.29 is 31.5 Å². The number of sulfonamides is 1. The number of carboxylic acids is 1. The van der Waals surface area contributed by atoms with Crippen molar-refractivity contribution in [2.75, 3.05) is 13.1 Å². The summed E-state index contributed by atoms with van der Waals surface area (Å²) in [5.74, 6) is -2.11. The summed E-state index contributed by atoms with van der Waals surface area (Å²) in [6.45, 7) is -0.732. The number of hydrogen-bond donors (Lipinski definition) is 1. The van der Waals surface area contributed by atoms with E-state index in [1.54, 1.807) is 0 Å². The molecule has 0 aromatic heterocycles. The van der Waals surface area contributed by atoms with Crippen molar-refractivity contribution in [3.05, 3.63) is 0 Å². The van der Waals surface area contributed by atoms with Crippen LogP contribution in [0.1, 0.15) is 13.3 Å². The van der Waals surface area contributed by atoms with E-state index < -0.39 is 52.3 Å². The molecule has 0 aliphatic carbocycles. The van der Waals surface area contributed by atoms with E-state index in [9.17, 15) is 26.4 Å². The highest BCUT2D eigenvalue weighted by Gasteiger charge is 2.65. The predicted molar refractivity (Wildman–Crippen MR) is 56.3 cm³/mol. The number of nitrogens with zero attached hydrogens (tertiary/aromatic N) is 2. The number of nitriles is 1. The van der Waals surface area contributed by atoms with Crippen LogP contribution in [0, 0.1) is 16.7 Å². The fourth-order valence-corrected chi connectivity index (χ4v) is 3.14. The van der Waals surface area contributed by atoms with Crippen LogP contribution in [0.3, 0.4) is 0 Å². The first kappa shape index (κ1) is 15.7. The van der Waals surface area contributed by atoms with E-state index in [2.05, 4.69) is 0 Å². The molecule has 1 aliphatic rings. The maximum atomic E-state index is 12.8. The Labute approximate surface area is 107 Å². The second-order valence-corrected chi connectivity index (χ2v) is 6.54. The molecule has 1 N–H and O–H groups in total. The van der Waals surface area contributed by atoms with Crippen molar-refractivity contribution in [1.82, 2.24) is 4.31 Å². The van der Waals surface area contributed by atoms with Crippen LogP contribution >= 0.6 is 0 Å².